The number of amides is 4. The molecule has 2 saturated heterocycles. The van der Waals surface area contributed by atoms with Crippen molar-refractivity contribution in [1.82, 2.24) is 20.4 Å². The summed E-state index contributed by atoms with van der Waals surface area (Å²) >= 11 is 0. The molecule has 4 rings (SSSR count). The van der Waals surface area contributed by atoms with Crippen molar-refractivity contribution in [2.24, 2.45) is 0 Å². The van der Waals surface area contributed by atoms with Crippen molar-refractivity contribution < 1.29 is 42.9 Å². The minimum Gasteiger partial charge on any atom is -0.378 e. The van der Waals surface area contributed by atoms with Crippen molar-refractivity contribution >= 4 is 54.1 Å². The molecule has 0 aliphatic carbocycles. The Morgan fingerprint density at radius 3 is 2.07 bits per heavy atom. The fourth-order valence-corrected chi connectivity index (χ4v) is 5.06. The van der Waals surface area contributed by atoms with Gasteiger partial charge in [0.1, 0.15) is 12.6 Å². The molecule has 0 saturated carbocycles. The molecule has 0 bridgehead atoms. The Kier molecular flexibility index (Phi) is 18.4. The second-order valence-electron chi connectivity index (χ2n) is 10.4. The summed E-state index contributed by atoms with van der Waals surface area (Å²) in [6.07, 6.45) is 0.452. The van der Waals surface area contributed by atoms with Crippen molar-refractivity contribution in [3.05, 3.63) is 29.3 Å². The molecule has 4 amide bonds. The van der Waals surface area contributed by atoms with Gasteiger partial charge in [0.15, 0.2) is 0 Å². The number of hydrogen-bond acceptors (Lipinski definition) is 11. The molecule has 3 aliphatic rings. The molecule has 1 atom stereocenters. The maximum absolute atomic E-state index is 12.9. The molecule has 3 aliphatic heterocycles. The van der Waals surface area contributed by atoms with Crippen LogP contribution in [0.2, 0.25) is 0 Å². The molecular weight excluding hydrogens is 633 g/mol. The number of ether oxygens (including phenoxy) is 5. The van der Waals surface area contributed by atoms with Gasteiger partial charge in [-0.2, -0.15) is 0 Å². The van der Waals surface area contributed by atoms with Crippen LogP contribution >= 0.6 is 24.8 Å². The van der Waals surface area contributed by atoms with Crippen molar-refractivity contribution in [3.8, 4) is 0 Å². The topological polar surface area (TPSA) is 157 Å². The van der Waals surface area contributed by atoms with Gasteiger partial charge >= 0.3 is 0 Å². The number of carbonyl (C=O) groups is 4. The standard InChI is InChI=1S/C29H43N5O9.2ClH/c35-26-5-4-25(28(37)32-26)34-20-23-22(29(34)38)2-1-3-24(23)31-27(36)21-43-19-18-42-17-16-41-15-14-40-13-12-39-11-10-33-8-6-30-7-9-33;;/h1-3,25,30H,4-21H2,(H,31,36)(H,32,35,37);2*1H. The van der Waals surface area contributed by atoms with Gasteiger partial charge in [-0.3, -0.25) is 29.4 Å². The Labute approximate surface area is 275 Å². The van der Waals surface area contributed by atoms with Gasteiger partial charge < -0.3 is 39.2 Å². The second-order valence-corrected chi connectivity index (χ2v) is 10.4. The van der Waals surface area contributed by atoms with Crippen LogP contribution in [0.15, 0.2) is 18.2 Å². The molecule has 3 N–H and O–H groups in total. The Morgan fingerprint density at radius 2 is 1.44 bits per heavy atom. The summed E-state index contributed by atoms with van der Waals surface area (Å²) in [4.78, 5) is 52.9. The number of hydrogen-bond donors (Lipinski definition) is 3. The Balaban J connectivity index is 0.00000353. The van der Waals surface area contributed by atoms with E-state index in [9.17, 15) is 19.2 Å². The second kappa shape index (κ2) is 21.4. The van der Waals surface area contributed by atoms with E-state index in [0.29, 0.717) is 63.1 Å². The highest BCUT2D eigenvalue weighted by atomic mass is 35.5. The van der Waals surface area contributed by atoms with Crippen LogP contribution in [0, 0.1) is 0 Å². The van der Waals surface area contributed by atoms with Gasteiger partial charge in [-0.05, 0) is 18.6 Å². The quantitative estimate of drug-likeness (QED) is 0.136. The number of benzene rings is 1. The molecular formula is C29H45Cl2N5O9. The van der Waals surface area contributed by atoms with Crippen molar-refractivity contribution in [1.29, 1.82) is 0 Å². The third-order valence-electron chi connectivity index (χ3n) is 7.34. The van der Waals surface area contributed by atoms with Gasteiger partial charge in [0.05, 0.1) is 59.5 Å². The molecule has 2 fully saturated rings. The van der Waals surface area contributed by atoms with Crippen LogP contribution in [0.5, 0.6) is 0 Å². The lowest BCUT2D eigenvalue weighted by Gasteiger charge is -2.29. The van der Waals surface area contributed by atoms with Crippen LogP contribution < -0.4 is 16.0 Å². The van der Waals surface area contributed by atoms with E-state index in [1.54, 1.807) is 18.2 Å². The lowest BCUT2D eigenvalue weighted by molar-refractivity contribution is -0.137. The zero-order valence-corrected chi connectivity index (χ0v) is 27.1. The molecule has 45 heavy (non-hydrogen) atoms. The first-order valence-corrected chi connectivity index (χ1v) is 14.9. The minimum atomic E-state index is -0.717. The van der Waals surface area contributed by atoms with E-state index in [1.807, 2.05) is 0 Å². The molecule has 0 spiro atoms. The molecule has 1 unspecified atom stereocenters. The number of rotatable bonds is 19. The Morgan fingerprint density at radius 1 is 0.844 bits per heavy atom. The summed E-state index contributed by atoms with van der Waals surface area (Å²) in [5.74, 6) is -1.49. The molecule has 0 radical (unpaired) electrons. The SMILES string of the molecule is Cl.Cl.O=C1CCC(N2Cc3c(NC(=O)COCCOCCOCCOCCOCCN4CCNCC4)cccc3C2=O)C(=O)N1. The van der Waals surface area contributed by atoms with Gasteiger partial charge in [-0.1, -0.05) is 6.07 Å². The van der Waals surface area contributed by atoms with E-state index in [1.165, 1.54) is 4.90 Å². The summed E-state index contributed by atoms with van der Waals surface area (Å²) in [5, 5.41) is 8.40. The number of halogens is 2. The summed E-state index contributed by atoms with van der Waals surface area (Å²) < 4.78 is 27.5. The van der Waals surface area contributed by atoms with Crippen LogP contribution in [0.3, 0.4) is 0 Å². The van der Waals surface area contributed by atoms with Crippen LogP contribution in [0.4, 0.5) is 5.69 Å². The lowest BCUT2D eigenvalue weighted by Crippen LogP contribution is -2.52. The van der Waals surface area contributed by atoms with E-state index in [-0.39, 0.29) is 75.1 Å². The molecule has 1 aromatic rings. The van der Waals surface area contributed by atoms with E-state index in [4.69, 9.17) is 23.7 Å². The predicted molar refractivity (Wildman–Crippen MR) is 169 cm³/mol. The average Bonchev–Trinajstić information content (AvgIpc) is 3.34. The van der Waals surface area contributed by atoms with Gasteiger partial charge in [-0.25, -0.2) is 0 Å². The highest BCUT2D eigenvalue weighted by molar-refractivity contribution is 6.06. The fourth-order valence-electron chi connectivity index (χ4n) is 5.06. The maximum atomic E-state index is 12.9. The van der Waals surface area contributed by atoms with Crippen molar-refractivity contribution in [2.45, 2.75) is 25.4 Å². The molecule has 1 aromatic carbocycles. The predicted octanol–water partition coefficient (Wildman–Crippen LogP) is 0.218. The van der Waals surface area contributed by atoms with Gasteiger partial charge in [0.25, 0.3) is 5.91 Å². The number of nitrogens with one attached hydrogen (secondary N) is 3. The van der Waals surface area contributed by atoms with E-state index < -0.39 is 11.9 Å². The number of imide groups is 1. The molecule has 254 valence electrons. The molecule has 3 heterocycles. The number of carbonyl (C=O) groups excluding carboxylic acids is 4. The van der Waals surface area contributed by atoms with Gasteiger partial charge in [0.2, 0.25) is 17.7 Å². The van der Waals surface area contributed by atoms with Crippen LogP contribution in [-0.4, -0.2) is 138 Å². The zero-order chi connectivity index (χ0) is 30.3. The number of piperidine rings is 1. The first-order valence-electron chi connectivity index (χ1n) is 14.9. The van der Waals surface area contributed by atoms with E-state index in [0.717, 1.165) is 39.3 Å². The van der Waals surface area contributed by atoms with Crippen molar-refractivity contribution in [3.63, 3.8) is 0 Å². The zero-order valence-electron chi connectivity index (χ0n) is 25.4. The highest BCUT2D eigenvalue weighted by Gasteiger charge is 2.39. The normalized spacial score (nSPS) is 18.2. The summed E-state index contributed by atoms with van der Waals surface area (Å²) in [6, 6.07) is 4.32. The van der Waals surface area contributed by atoms with Crippen LogP contribution in [0.1, 0.15) is 28.8 Å². The Bertz CT molecular complexity index is 1090. The van der Waals surface area contributed by atoms with Crippen LogP contribution in [0.25, 0.3) is 0 Å². The number of nitrogens with zero attached hydrogens (tertiary/aromatic N) is 2. The smallest absolute Gasteiger partial charge is 0.255 e. The first kappa shape index (κ1) is 38.8. The molecule has 16 heteroatoms. The van der Waals surface area contributed by atoms with Crippen molar-refractivity contribution in [2.75, 3.05) is 104 Å². The largest absolute Gasteiger partial charge is 0.378 e. The number of piperazine rings is 1. The third-order valence-corrected chi connectivity index (χ3v) is 7.34. The maximum Gasteiger partial charge on any atom is 0.255 e. The molecule has 14 nitrogen and oxygen atoms in total. The fraction of sp³-hybridized carbons (Fsp3) is 0.655. The number of anilines is 1. The third kappa shape index (κ3) is 12.7. The average molecular weight is 679 g/mol. The van der Waals surface area contributed by atoms with Crippen LogP contribution in [-0.2, 0) is 44.6 Å². The lowest BCUT2D eigenvalue weighted by atomic mass is 10.0. The summed E-state index contributed by atoms with van der Waals surface area (Å²) in [6.45, 7) is 9.36. The monoisotopic (exact) mass is 677 g/mol. The summed E-state index contributed by atoms with van der Waals surface area (Å²) in [5.41, 5.74) is 1.55. The molecule has 0 aromatic heterocycles. The Hall–Kier alpha value is -2.40. The summed E-state index contributed by atoms with van der Waals surface area (Å²) in [7, 11) is 0. The van der Waals surface area contributed by atoms with Gasteiger partial charge in [0, 0.05) is 62.5 Å². The first-order chi connectivity index (χ1) is 21.0. The number of fused-ring (bicyclic) bond motifs is 1. The van der Waals surface area contributed by atoms with E-state index in [2.05, 4.69) is 20.9 Å². The van der Waals surface area contributed by atoms with E-state index >= 15 is 0 Å². The van der Waals surface area contributed by atoms with Gasteiger partial charge in [-0.15, -0.1) is 24.8 Å². The minimum absolute atomic E-state index is 0. The highest BCUT2D eigenvalue weighted by Crippen LogP contribution is 2.32.